The molecule has 0 saturated carbocycles. The number of carbonyl (C=O) groups is 2. The van der Waals surface area contributed by atoms with Crippen LogP contribution in [0.5, 0.6) is 5.75 Å². The Hall–Kier alpha value is -3.52. The van der Waals surface area contributed by atoms with Crippen LogP contribution in [0.15, 0.2) is 42.6 Å². The van der Waals surface area contributed by atoms with Gasteiger partial charge in [-0.2, -0.15) is 0 Å². The second kappa shape index (κ2) is 8.12. The SMILES string of the molecule is Cc1cc(C(=O)CC[C@](C)(O)c2cc3c(c(-c4ccc(F)cc4)n2)OC[C@]3(C)C(N)=O)c[nH]1. The highest BCUT2D eigenvalue weighted by atomic mass is 19.1. The molecule has 0 radical (unpaired) electrons. The number of carbonyl (C=O) groups excluding carboxylic acids is 2. The van der Waals surface area contributed by atoms with Crippen molar-refractivity contribution in [2.45, 2.75) is 44.6 Å². The van der Waals surface area contributed by atoms with Crippen LogP contribution in [-0.2, 0) is 15.8 Å². The summed E-state index contributed by atoms with van der Waals surface area (Å²) in [6.07, 6.45) is 1.85. The monoisotopic (exact) mass is 451 g/mol. The van der Waals surface area contributed by atoms with Crippen LogP contribution in [0.4, 0.5) is 4.39 Å². The molecular formula is C25H26FN3O4. The van der Waals surface area contributed by atoms with Gasteiger partial charge in [-0.15, -0.1) is 0 Å². The Morgan fingerprint density at radius 1 is 1.30 bits per heavy atom. The first-order valence-electron chi connectivity index (χ1n) is 10.7. The first-order valence-corrected chi connectivity index (χ1v) is 10.7. The number of amides is 1. The quantitative estimate of drug-likeness (QED) is 0.475. The Balaban J connectivity index is 1.74. The van der Waals surface area contributed by atoms with E-state index in [4.69, 9.17) is 10.5 Å². The average Bonchev–Trinajstić information content (AvgIpc) is 3.36. The van der Waals surface area contributed by atoms with Crippen LogP contribution < -0.4 is 10.5 Å². The van der Waals surface area contributed by atoms with Crippen LogP contribution in [0.3, 0.4) is 0 Å². The summed E-state index contributed by atoms with van der Waals surface area (Å²) >= 11 is 0. The number of halogens is 1. The van der Waals surface area contributed by atoms with Crippen LogP contribution >= 0.6 is 0 Å². The Labute approximate surface area is 190 Å². The zero-order valence-corrected chi connectivity index (χ0v) is 18.7. The fourth-order valence-electron chi connectivity index (χ4n) is 3.97. The first kappa shape index (κ1) is 22.7. The van der Waals surface area contributed by atoms with Gasteiger partial charge in [0.15, 0.2) is 5.78 Å². The third-order valence-electron chi connectivity index (χ3n) is 6.27. The number of benzene rings is 1. The maximum Gasteiger partial charge on any atom is 0.231 e. The van der Waals surface area contributed by atoms with Gasteiger partial charge in [-0.25, -0.2) is 9.37 Å². The number of aliphatic hydroxyl groups is 1. The smallest absolute Gasteiger partial charge is 0.231 e. The van der Waals surface area contributed by atoms with Crippen molar-refractivity contribution in [3.63, 3.8) is 0 Å². The van der Waals surface area contributed by atoms with Crippen molar-refractivity contribution < 1.29 is 23.8 Å². The molecule has 0 unspecified atom stereocenters. The normalized spacial score (nSPS) is 18.9. The van der Waals surface area contributed by atoms with Gasteiger partial charge in [-0.05, 0) is 63.6 Å². The molecule has 2 aromatic heterocycles. The largest absolute Gasteiger partial charge is 0.489 e. The van der Waals surface area contributed by atoms with Crippen LogP contribution in [0.2, 0.25) is 0 Å². The number of Topliss-reactive ketones (excluding diaryl/α,β-unsaturated/α-hetero) is 1. The van der Waals surface area contributed by atoms with Gasteiger partial charge in [-0.3, -0.25) is 9.59 Å². The molecule has 1 aliphatic heterocycles. The maximum atomic E-state index is 13.5. The summed E-state index contributed by atoms with van der Waals surface area (Å²) in [4.78, 5) is 32.4. The summed E-state index contributed by atoms with van der Waals surface area (Å²) in [6.45, 7) is 5.13. The minimum atomic E-state index is -1.48. The molecule has 2 atom stereocenters. The second-order valence-corrected chi connectivity index (χ2v) is 8.99. The lowest BCUT2D eigenvalue weighted by molar-refractivity contribution is -0.123. The number of aromatic nitrogens is 2. The zero-order chi connectivity index (χ0) is 24.0. The van der Waals surface area contributed by atoms with Crippen molar-refractivity contribution in [2.24, 2.45) is 5.73 Å². The molecule has 1 aromatic carbocycles. The van der Waals surface area contributed by atoms with Crippen molar-refractivity contribution in [3.05, 3.63) is 70.9 Å². The molecule has 3 aromatic rings. The molecular weight excluding hydrogens is 425 g/mol. The van der Waals surface area contributed by atoms with E-state index in [1.54, 1.807) is 44.3 Å². The number of hydrogen-bond donors (Lipinski definition) is 3. The molecule has 4 N–H and O–H groups in total. The zero-order valence-electron chi connectivity index (χ0n) is 18.7. The highest BCUT2D eigenvalue weighted by molar-refractivity contribution is 5.96. The molecule has 0 fully saturated rings. The number of fused-ring (bicyclic) bond motifs is 1. The predicted molar refractivity (Wildman–Crippen MR) is 120 cm³/mol. The molecule has 0 spiro atoms. The average molecular weight is 451 g/mol. The van der Waals surface area contributed by atoms with Gasteiger partial charge in [0.25, 0.3) is 0 Å². The number of nitrogens with one attached hydrogen (secondary N) is 1. The van der Waals surface area contributed by atoms with E-state index in [0.717, 1.165) is 5.69 Å². The van der Waals surface area contributed by atoms with Gasteiger partial charge in [0.1, 0.15) is 34.9 Å². The topological polar surface area (TPSA) is 118 Å². The van der Waals surface area contributed by atoms with E-state index in [1.807, 2.05) is 6.92 Å². The summed E-state index contributed by atoms with van der Waals surface area (Å²) in [5, 5.41) is 11.3. The number of aromatic amines is 1. The van der Waals surface area contributed by atoms with Gasteiger partial charge in [0.2, 0.25) is 5.91 Å². The number of pyridine rings is 1. The molecule has 0 bridgehead atoms. The fraction of sp³-hybridized carbons (Fsp3) is 0.320. The van der Waals surface area contributed by atoms with Gasteiger partial charge < -0.3 is 20.6 Å². The van der Waals surface area contributed by atoms with Crippen molar-refractivity contribution in [2.75, 3.05) is 6.61 Å². The van der Waals surface area contributed by atoms with Crippen LogP contribution in [0.25, 0.3) is 11.3 Å². The van der Waals surface area contributed by atoms with Crippen LogP contribution in [0, 0.1) is 12.7 Å². The van der Waals surface area contributed by atoms with Gasteiger partial charge in [0.05, 0.1) is 5.69 Å². The molecule has 33 heavy (non-hydrogen) atoms. The number of aryl methyl sites for hydroxylation is 1. The standard InChI is InChI=1S/C25H26FN3O4/c1-14-10-16(12-28-14)19(30)8-9-25(3,32)20-11-18-22(33-13-24(18,2)23(27)31)21(29-20)15-4-6-17(26)7-5-15/h4-7,10-12,28,32H,8-9,13H2,1-3H3,(H2,27,31)/t24-,25-/m0/s1. The minimum Gasteiger partial charge on any atom is -0.489 e. The molecule has 0 saturated heterocycles. The third-order valence-corrected chi connectivity index (χ3v) is 6.27. The number of nitrogens with two attached hydrogens (primary N) is 1. The molecule has 3 heterocycles. The van der Waals surface area contributed by atoms with E-state index < -0.39 is 22.7 Å². The summed E-state index contributed by atoms with van der Waals surface area (Å²) in [7, 11) is 0. The molecule has 8 heteroatoms. The number of ether oxygens (including phenoxy) is 1. The highest BCUT2D eigenvalue weighted by Crippen LogP contribution is 2.45. The Morgan fingerprint density at radius 3 is 2.61 bits per heavy atom. The van der Waals surface area contributed by atoms with E-state index in [0.29, 0.717) is 28.1 Å². The van der Waals surface area contributed by atoms with E-state index in [1.165, 1.54) is 12.1 Å². The van der Waals surface area contributed by atoms with Gasteiger partial charge in [0, 0.05) is 35.0 Å². The van der Waals surface area contributed by atoms with E-state index in [2.05, 4.69) is 9.97 Å². The summed E-state index contributed by atoms with van der Waals surface area (Å²) in [5.41, 5.74) is 6.23. The molecule has 172 valence electrons. The van der Waals surface area contributed by atoms with Gasteiger partial charge in [-0.1, -0.05) is 0 Å². The lowest BCUT2D eigenvalue weighted by Crippen LogP contribution is -2.40. The molecule has 4 rings (SSSR count). The van der Waals surface area contributed by atoms with Crippen LogP contribution in [0.1, 0.15) is 54.0 Å². The Kier molecular flexibility index (Phi) is 5.57. The van der Waals surface area contributed by atoms with Crippen molar-refractivity contribution in [3.8, 4) is 17.0 Å². The molecule has 0 aliphatic carbocycles. The Morgan fingerprint density at radius 2 is 2.00 bits per heavy atom. The number of rotatable bonds is 7. The van der Waals surface area contributed by atoms with Crippen molar-refractivity contribution >= 4 is 11.7 Å². The number of hydrogen-bond acceptors (Lipinski definition) is 5. The minimum absolute atomic E-state index is 0.0322. The highest BCUT2D eigenvalue weighted by Gasteiger charge is 2.45. The molecule has 7 nitrogen and oxygen atoms in total. The van der Waals surface area contributed by atoms with E-state index >= 15 is 0 Å². The summed E-state index contributed by atoms with van der Waals surface area (Å²) in [5.74, 6) is -0.702. The maximum absolute atomic E-state index is 13.5. The lowest BCUT2D eigenvalue weighted by Gasteiger charge is -2.26. The molecule has 1 aliphatic rings. The predicted octanol–water partition coefficient (Wildman–Crippen LogP) is 3.53. The molecule has 1 amide bonds. The third kappa shape index (κ3) is 4.14. The van der Waals surface area contributed by atoms with Gasteiger partial charge >= 0.3 is 0 Å². The first-order chi connectivity index (χ1) is 15.5. The lowest BCUT2D eigenvalue weighted by atomic mass is 9.81. The summed E-state index contributed by atoms with van der Waals surface area (Å²) in [6, 6.07) is 9.08. The Bertz CT molecular complexity index is 1230. The van der Waals surface area contributed by atoms with Crippen molar-refractivity contribution in [1.29, 1.82) is 0 Å². The van der Waals surface area contributed by atoms with Crippen molar-refractivity contribution in [1.82, 2.24) is 9.97 Å². The van der Waals surface area contributed by atoms with E-state index in [-0.39, 0.29) is 30.9 Å². The van der Waals surface area contributed by atoms with E-state index in [9.17, 15) is 19.1 Å². The number of primary amides is 1. The van der Waals surface area contributed by atoms with Crippen LogP contribution in [-0.4, -0.2) is 33.4 Å². The number of nitrogens with zero attached hydrogens (tertiary/aromatic N) is 1. The fourth-order valence-corrected chi connectivity index (χ4v) is 3.97. The second-order valence-electron chi connectivity index (χ2n) is 8.99. The number of H-pyrrole nitrogens is 1. The summed E-state index contributed by atoms with van der Waals surface area (Å²) < 4.78 is 19.3. The number of ketones is 1.